The van der Waals surface area contributed by atoms with Crippen LogP contribution in [0.3, 0.4) is 0 Å². The maximum Gasteiger partial charge on any atom is 0.407 e. The van der Waals surface area contributed by atoms with E-state index in [1.165, 1.54) is 21.2 Å². The molecule has 1 heterocycles. The standard InChI is InChI=1S/C17H20N2O2/c1-12(18-14-9-10-19(11-14)17(20)21)15-8-4-6-13-5-2-3-7-16(13)15/h2-8,12,14,18H,9-11H2,1H3,(H,20,21)/t12-,14+/m1/s1. The molecule has 1 aliphatic heterocycles. The molecule has 4 heteroatoms. The van der Waals surface area contributed by atoms with Gasteiger partial charge in [0.25, 0.3) is 0 Å². The third-order valence-corrected chi connectivity index (χ3v) is 4.23. The van der Waals surface area contributed by atoms with Gasteiger partial charge in [0, 0.05) is 25.2 Å². The Bertz CT molecular complexity index is 651. The summed E-state index contributed by atoms with van der Waals surface area (Å²) in [6, 6.07) is 15.1. The lowest BCUT2D eigenvalue weighted by atomic mass is 9.99. The zero-order chi connectivity index (χ0) is 14.8. The van der Waals surface area contributed by atoms with Crippen molar-refractivity contribution in [3.05, 3.63) is 48.0 Å². The summed E-state index contributed by atoms with van der Waals surface area (Å²) in [6.45, 7) is 3.34. The number of hydrogen-bond donors (Lipinski definition) is 2. The maximum absolute atomic E-state index is 11.0. The topological polar surface area (TPSA) is 52.6 Å². The van der Waals surface area contributed by atoms with Crippen molar-refractivity contribution in [3.8, 4) is 0 Å². The van der Waals surface area contributed by atoms with Crippen LogP contribution in [0.5, 0.6) is 0 Å². The number of carbonyl (C=O) groups is 1. The predicted molar refractivity (Wildman–Crippen MR) is 83.5 cm³/mol. The second-order valence-corrected chi connectivity index (χ2v) is 5.67. The van der Waals surface area contributed by atoms with Gasteiger partial charge in [0.1, 0.15) is 0 Å². The molecule has 1 saturated heterocycles. The molecular weight excluding hydrogens is 264 g/mol. The summed E-state index contributed by atoms with van der Waals surface area (Å²) in [7, 11) is 0. The van der Waals surface area contributed by atoms with Crippen LogP contribution in [0.15, 0.2) is 42.5 Å². The Morgan fingerprint density at radius 1 is 1.29 bits per heavy atom. The van der Waals surface area contributed by atoms with E-state index in [-0.39, 0.29) is 12.1 Å². The molecular formula is C17H20N2O2. The number of likely N-dealkylation sites (tertiary alicyclic amines) is 1. The van der Waals surface area contributed by atoms with Gasteiger partial charge < -0.3 is 15.3 Å². The quantitative estimate of drug-likeness (QED) is 0.909. The number of benzene rings is 2. The minimum Gasteiger partial charge on any atom is -0.465 e. The van der Waals surface area contributed by atoms with Gasteiger partial charge in [-0.05, 0) is 29.7 Å². The Morgan fingerprint density at radius 2 is 2.05 bits per heavy atom. The fraction of sp³-hybridized carbons (Fsp3) is 0.353. The molecule has 0 saturated carbocycles. The van der Waals surface area contributed by atoms with Gasteiger partial charge >= 0.3 is 6.09 Å². The molecule has 1 aliphatic rings. The molecule has 21 heavy (non-hydrogen) atoms. The molecule has 2 atom stereocenters. The molecule has 2 aromatic carbocycles. The predicted octanol–water partition coefficient (Wildman–Crippen LogP) is 3.24. The second-order valence-electron chi connectivity index (χ2n) is 5.67. The first-order valence-corrected chi connectivity index (χ1v) is 7.37. The third-order valence-electron chi connectivity index (χ3n) is 4.23. The van der Waals surface area contributed by atoms with E-state index in [1.54, 1.807) is 0 Å². The van der Waals surface area contributed by atoms with Gasteiger partial charge in [-0.2, -0.15) is 0 Å². The summed E-state index contributed by atoms with van der Waals surface area (Å²) in [6.07, 6.45) is 0.0543. The summed E-state index contributed by atoms with van der Waals surface area (Å²) >= 11 is 0. The van der Waals surface area contributed by atoms with E-state index in [9.17, 15) is 4.79 Å². The fourth-order valence-electron chi connectivity index (χ4n) is 3.14. The molecule has 0 unspecified atom stereocenters. The molecule has 110 valence electrons. The number of hydrogen-bond acceptors (Lipinski definition) is 2. The molecule has 2 aromatic rings. The monoisotopic (exact) mass is 284 g/mol. The van der Waals surface area contributed by atoms with Gasteiger partial charge in [-0.25, -0.2) is 4.79 Å². The van der Waals surface area contributed by atoms with E-state index in [4.69, 9.17) is 5.11 Å². The Labute approximate surface area is 124 Å². The van der Waals surface area contributed by atoms with E-state index < -0.39 is 6.09 Å². The van der Waals surface area contributed by atoms with E-state index in [0.717, 1.165) is 6.42 Å². The number of fused-ring (bicyclic) bond motifs is 1. The highest BCUT2D eigenvalue weighted by Gasteiger charge is 2.27. The average Bonchev–Trinajstić information content (AvgIpc) is 2.95. The lowest BCUT2D eigenvalue weighted by Crippen LogP contribution is -2.35. The van der Waals surface area contributed by atoms with Crippen molar-refractivity contribution in [2.75, 3.05) is 13.1 Å². The van der Waals surface area contributed by atoms with Crippen LogP contribution >= 0.6 is 0 Å². The Kier molecular flexibility index (Phi) is 3.80. The minimum atomic E-state index is -0.822. The molecule has 0 bridgehead atoms. The van der Waals surface area contributed by atoms with Crippen molar-refractivity contribution >= 4 is 16.9 Å². The Hall–Kier alpha value is -2.07. The van der Waals surface area contributed by atoms with Gasteiger partial charge in [-0.3, -0.25) is 0 Å². The van der Waals surface area contributed by atoms with Gasteiger partial charge in [0.15, 0.2) is 0 Å². The van der Waals surface area contributed by atoms with Crippen molar-refractivity contribution in [1.82, 2.24) is 10.2 Å². The molecule has 0 radical (unpaired) electrons. The van der Waals surface area contributed by atoms with Crippen molar-refractivity contribution < 1.29 is 9.90 Å². The lowest BCUT2D eigenvalue weighted by Gasteiger charge is -2.21. The first-order chi connectivity index (χ1) is 10.1. The normalized spacial score (nSPS) is 19.9. The van der Waals surface area contributed by atoms with Gasteiger partial charge in [-0.15, -0.1) is 0 Å². The molecule has 3 rings (SSSR count). The zero-order valence-corrected chi connectivity index (χ0v) is 12.1. The largest absolute Gasteiger partial charge is 0.465 e. The number of nitrogens with zero attached hydrogens (tertiary/aromatic N) is 1. The number of nitrogens with one attached hydrogen (secondary N) is 1. The second kappa shape index (κ2) is 5.74. The van der Waals surface area contributed by atoms with Gasteiger partial charge in [-0.1, -0.05) is 42.5 Å². The highest BCUT2D eigenvalue weighted by atomic mass is 16.4. The summed E-state index contributed by atoms with van der Waals surface area (Å²) in [5.74, 6) is 0. The number of rotatable bonds is 3. The van der Waals surface area contributed by atoms with Crippen LogP contribution in [0.2, 0.25) is 0 Å². The summed E-state index contributed by atoms with van der Waals surface area (Å²) in [5, 5.41) is 15.1. The number of amides is 1. The van der Waals surface area contributed by atoms with E-state index >= 15 is 0 Å². The SMILES string of the molecule is C[C@@H](N[C@H]1CCN(C(=O)O)C1)c1cccc2ccccc12. The first kappa shape index (κ1) is 13.9. The van der Waals surface area contributed by atoms with Crippen molar-refractivity contribution in [2.24, 2.45) is 0 Å². The van der Waals surface area contributed by atoms with Crippen LogP contribution in [0.1, 0.15) is 24.9 Å². The highest BCUT2D eigenvalue weighted by molar-refractivity contribution is 5.86. The van der Waals surface area contributed by atoms with Crippen LogP contribution in [0.4, 0.5) is 4.79 Å². The minimum absolute atomic E-state index is 0.204. The summed E-state index contributed by atoms with van der Waals surface area (Å²) in [4.78, 5) is 12.5. The molecule has 0 aromatic heterocycles. The average molecular weight is 284 g/mol. The molecule has 1 fully saturated rings. The lowest BCUT2D eigenvalue weighted by molar-refractivity contribution is 0.154. The van der Waals surface area contributed by atoms with Crippen LogP contribution in [0, 0.1) is 0 Å². The van der Waals surface area contributed by atoms with Crippen LogP contribution < -0.4 is 5.32 Å². The molecule has 0 spiro atoms. The van der Waals surface area contributed by atoms with Crippen LogP contribution in [-0.4, -0.2) is 35.2 Å². The molecule has 2 N–H and O–H groups in total. The van der Waals surface area contributed by atoms with Crippen molar-refractivity contribution in [2.45, 2.75) is 25.4 Å². The van der Waals surface area contributed by atoms with E-state index in [0.29, 0.717) is 13.1 Å². The van der Waals surface area contributed by atoms with Crippen molar-refractivity contribution in [3.63, 3.8) is 0 Å². The number of carboxylic acid groups (broad SMARTS) is 1. The smallest absolute Gasteiger partial charge is 0.407 e. The van der Waals surface area contributed by atoms with Crippen molar-refractivity contribution in [1.29, 1.82) is 0 Å². The fourth-order valence-corrected chi connectivity index (χ4v) is 3.14. The Morgan fingerprint density at radius 3 is 2.81 bits per heavy atom. The van der Waals surface area contributed by atoms with Gasteiger partial charge in [0.05, 0.1) is 0 Å². The van der Waals surface area contributed by atoms with Crippen LogP contribution in [-0.2, 0) is 0 Å². The summed E-state index contributed by atoms with van der Waals surface area (Å²) in [5.41, 5.74) is 1.27. The Balaban J connectivity index is 1.76. The maximum atomic E-state index is 11.0. The van der Waals surface area contributed by atoms with Crippen LogP contribution in [0.25, 0.3) is 10.8 Å². The molecule has 0 aliphatic carbocycles. The van der Waals surface area contributed by atoms with E-state index in [1.807, 2.05) is 6.07 Å². The zero-order valence-electron chi connectivity index (χ0n) is 12.1. The highest BCUT2D eigenvalue weighted by Crippen LogP contribution is 2.25. The summed E-state index contributed by atoms with van der Waals surface area (Å²) < 4.78 is 0. The third kappa shape index (κ3) is 2.85. The first-order valence-electron chi connectivity index (χ1n) is 7.37. The molecule has 4 nitrogen and oxygen atoms in total. The van der Waals surface area contributed by atoms with E-state index in [2.05, 4.69) is 48.6 Å². The molecule has 1 amide bonds. The van der Waals surface area contributed by atoms with Gasteiger partial charge in [0.2, 0.25) is 0 Å².